The molecule has 0 atom stereocenters. The maximum absolute atomic E-state index is 12.5. The second-order valence-corrected chi connectivity index (χ2v) is 9.73. The van der Waals surface area contributed by atoms with Crippen molar-refractivity contribution in [1.82, 2.24) is 0 Å². The molecule has 0 unspecified atom stereocenters. The molecule has 136 valence electrons. The Bertz CT molecular complexity index is 929. The van der Waals surface area contributed by atoms with Gasteiger partial charge in [0.05, 0.1) is 19.3 Å². The zero-order valence-electron chi connectivity index (χ0n) is 15.1. The van der Waals surface area contributed by atoms with E-state index in [-0.39, 0.29) is 5.56 Å². The molecule has 0 heterocycles. The maximum Gasteiger partial charge on any atom is 0.341 e. The van der Waals surface area contributed by atoms with Crippen LogP contribution in [0.5, 0.6) is 0 Å². The topological polar surface area (TPSA) is 63.6 Å². The molecule has 3 aromatic rings. The molecular weight excluding hydrogens is 359 g/mol. The lowest BCUT2D eigenvalue weighted by molar-refractivity contribution is 0.0600. The van der Waals surface area contributed by atoms with Crippen molar-refractivity contribution < 1.29 is 19.4 Å². The van der Waals surface area contributed by atoms with Crippen molar-refractivity contribution in [1.29, 1.82) is 0 Å². The molecule has 5 heteroatoms. The van der Waals surface area contributed by atoms with Gasteiger partial charge in [-0.3, -0.25) is 0 Å². The van der Waals surface area contributed by atoms with E-state index >= 15 is 0 Å². The number of carbonyl (C=O) groups is 2. The lowest BCUT2D eigenvalue weighted by atomic mass is 10.1. The van der Waals surface area contributed by atoms with Gasteiger partial charge < -0.3 is 9.84 Å². The van der Waals surface area contributed by atoms with E-state index in [0.29, 0.717) is 10.9 Å². The number of carbonyl (C=O) groups excluding carboxylic acids is 1. The third kappa shape index (κ3) is 3.49. The second kappa shape index (κ2) is 7.73. The molecule has 3 aromatic carbocycles. The lowest BCUT2D eigenvalue weighted by Gasteiger charge is -2.25. The summed E-state index contributed by atoms with van der Waals surface area (Å²) in [7, 11) is -0.931. The predicted octanol–water partition coefficient (Wildman–Crippen LogP) is 3.10. The first kappa shape index (κ1) is 18.8. The van der Waals surface area contributed by atoms with Gasteiger partial charge in [0.1, 0.15) is 28.7 Å². The largest absolute Gasteiger partial charge is 0.478 e. The minimum Gasteiger partial charge on any atom is -0.478 e. The van der Waals surface area contributed by atoms with Crippen LogP contribution in [0.25, 0.3) is 0 Å². The molecule has 4 nitrogen and oxygen atoms in total. The van der Waals surface area contributed by atoms with Crippen LogP contribution in [-0.2, 0) is 4.74 Å². The molecule has 0 aliphatic rings. The van der Waals surface area contributed by atoms with Crippen LogP contribution < -0.4 is 15.9 Å². The highest BCUT2D eigenvalue weighted by Gasteiger charge is 2.43. The average molecular weight is 379 g/mol. The fourth-order valence-electron chi connectivity index (χ4n) is 3.20. The van der Waals surface area contributed by atoms with Crippen LogP contribution in [0.1, 0.15) is 20.7 Å². The molecule has 3 rings (SSSR count). The Balaban J connectivity index is 2.38. The van der Waals surface area contributed by atoms with E-state index in [9.17, 15) is 14.7 Å². The summed E-state index contributed by atoms with van der Waals surface area (Å²) in [4.78, 5) is 24.1. The molecule has 0 aliphatic carbocycles. The average Bonchev–Trinajstić information content (AvgIpc) is 2.73. The molecule has 0 radical (unpaired) electrons. The Morgan fingerprint density at radius 2 is 1.37 bits per heavy atom. The summed E-state index contributed by atoms with van der Waals surface area (Å²) in [6.07, 6.45) is 0. The molecule has 0 saturated heterocycles. The van der Waals surface area contributed by atoms with Crippen molar-refractivity contribution >= 4 is 35.1 Å². The van der Waals surface area contributed by atoms with Crippen LogP contribution in [0.3, 0.4) is 0 Å². The van der Waals surface area contributed by atoms with E-state index in [4.69, 9.17) is 4.74 Å². The van der Waals surface area contributed by atoms with E-state index in [1.54, 1.807) is 12.1 Å². The smallest absolute Gasteiger partial charge is 0.341 e. The molecule has 0 aliphatic heterocycles. The molecule has 0 saturated carbocycles. The highest BCUT2D eigenvalue weighted by Crippen LogP contribution is 2.52. The Kier molecular flexibility index (Phi) is 5.38. The number of aromatic carboxylic acids is 1. The van der Waals surface area contributed by atoms with Gasteiger partial charge in [0.2, 0.25) is 0 Å². The van der Waals surface area contributed by atoms with Crippen LogP contribution in [-0.4, -0.2) is 30.8 Å². The number of carboxylic acid groups (broad SMARTS) is 1. The van der Waals surface area contributed by atoms with Gasteiger partial charge in [-0.2, -0.15) is 0 Å². The fourth-order valence-corrected chi connectivity index (χ4v) is 6.63. The minimum absolute atomic E-state index is 0.149. The predicted molar refractivity (Wildman–Crippen MR) is 109 cm³/mol. The van der Waals surface area contributed by atoms with E-state index < -0.39 is 19.2 Å². The molecular formula is C22H20O4P+. The molecule has 1 N–H and O–H groups in total. The second-order valence-electron chi connectivity index (χ2n) is 6.21. The molecule has 0 spiro atoms. The van der Waals surface area contributed by atoms with Gasteiger partial charge >= 0.3 is 11.9 Å². The summed E-state index contributed by atoms with van der Waals surface area (Å²) < 4.78 is 4.98. The van der Waals surface area contributed by atoms with E-state index in [1.807, 2.05) is 60.7 Å². The summed E-state index contributed by atoms with van der Waals surface area (Å²) in [6.45, 7) is 2.10. The number of rotatable bonds is 5. The van der Waals surface area contributed by atoms with E-state index in [2.05, 4.69) is 6.66 Å². The SMILES string of the molecule is COC(=O)c1ccc(C(=O)O)cc1[P+](C)(c1ccccc1)c1ccccc1. The number of esters is 1. The third-order valence-corrected chi connectivity index (χ3v) is 8.67. The van der Waals surface area contributed by atoms with Gasteiger partial charge in [0, 0.05) is 0 Å². The molecule has 0 fully saturated rings. The van der Waals surface area contributed by atoms with Crippen LogP contribution in [0.15, 0.2) is 78.9 Å². The Morgan fingerprint density at radius 3 is 1.81 bits per heavy atom. The van der Waals surface area contributed by atoms with Crippen LogP contribution >= 0.6 is 7.26 Å². The van der Waals surface area contributed by atoms with Crippen molar-refractivity contribution in [3.8, 4) is 0 Å². The quantitative estimate of drug-likeness (QED) is 0.547. The van der Waals surface area contributed by atoms with Crippen molar-refractivity contribution in [3.63, 3.8) is 0 Å². The summed E-state index contributed by atoms with van der Waals surface area (Å²) in [5, 5.41) is 12.3. The highest BCUT2D eigenvalue weighted by atomic mass is 31.2. The Labute approximate surface area is 158 Å². The monoisotopic (exact) mass is 379 g/mol. The van der Waals surface area contributed by atoms with Crippen molar-refractivity contribution in [3.05, 3.63) is 90.0 Å². The van der Waals surface area contributed by atoms with Crippen molar-refractivity contribution in [2.75, 3.05) is 13.8 Å². The molecule has 0 aromatic heterocycles. The lowest BCUT2D eigenvalue weighted by Crippen LogP contribution is -2.34. The standard InChI is InChI=1S/C22H19O4P/c1-26-22(25)19-14-13-16(21(23)24)15-20(19)27(2,17-9-5-3-6-10-17)18-11-7-4-8-12-18/h3-15H,1-2H3/p+1. The first-order valence-corrected chi connectivity index (χ1v) is 10.7. The first-order valence-electron chi connectivity index (χ1n) is 8.42. The number of benzene rings is 3. The first-order chi connectivity index (χ1) is 13.0. The third-order valence-electron chi connectivity index (χ3n) is 4.68. The van der Waals surface area contributed by atoms with Gasteiger partial charge in [-0.25, -0.2) is 9.59 Å². The summed E-state index contributed by atoms with van der Waals surface area (Å²) >= 11 is 0. The summed E-state index contributed by atoms with van der Waals surface area (Å²) in [5.74, 6) is -1.50. The molecule has 0 bridgehead atoms. The zero-order valence-corrected chi connectivity index (χ0v) is 16.0. The number of hydrogen-bond acceptors (Lipinski definition) is 3. The van der Waals surface area contributed by atoms with E-state index in [0.717, 1.165) is 10.6 Å². The van der Waals surface area contributed by atoms with Gasteiger partial charge in [-0.05, 0) is 42.5 Å². The highest BCUT2D eigenvalue weighted by molar-refractivity contribution is 7.95. The molecule has 0 amide bonds. The Hall–Kier alpha value is -2.97. The van der Waals surface area contributed by atoms with Gasteiger partial charge in [0.15, 0.2) is 0 Å². The Morgan fingerprint density at radius 1 is 0.852 bits per heavy atom. The summed E-state index contributed by atoms with van der Waals surface area (Å²) in [6, 6.07) is 24.4. The van der Waals surface area contributed by atoms with Gasteiger partial charge in [-0.1, -0.05) is 36.4 Å². The van der Waals surface area contributed by atoms with E-state index in [1.165, 1.54) is 13.2 Å². The van der Waals surface area contributed by atoms with Crippen LogP contribution in [0.4, 0.5) is 0 Å². The van der Waals surface area contributed by atoms with Crippen LogP contribution in [0.2, 0.25) is 0 Å². The summed E-state index contributed by atoms with van der Waals surface area (Å²) in [5.41, 5.74) is 0.543. The normalized spacial score (nSPS) is 11.0. The molecule has 27 heavy (non-hydrogen) atoms. The number of hydrogen-bond donors (Lipinski definition) is 1. The van der Waals surface area contributed by atoms with Crippen LogP contribution in [0, 0.1) is 0 Å². The number of methoxy groups -OCH3 is 1. The van der Waals surface area contributed by atoms with Crippen molar-refractivity contribution in [2.24, 2.45) is 0 Å². The zero-order chi connectivity index (χ0) is 19.4. The fraction of sp³-hybridized carbons (Fsp3) is 0.0909. The van der Waals surface area contributed by atoms with Gasteiger partial charge in [0.25, 0.3) is 0 Å². The van der Waals surface area contributed by atoms with Gasteiger partial charge in [-0.15, -0.1) is 0 Å². The number of carboxylic acids is 1. The van der Waals surface area contributed by atoms with Crippen molar-refractivity contribution in [2.45, 2.75) is 0 Å². The maximum atomic E-state index is 12.5. The minimum atomic E-state index is -2.26. The number of ether oxygens (including phenoxy) is 1.